The van der Waals surface area contributed by atoms with E-state index in [4.69, 9.17) is 4.74 Å². The highest BCUT2D eigenvalue weighted by atomic mass is 19.1. The molecule has 0 N–H and O–H groups in total. The average Bonchev–Trinajstić information content (AvgIpc) is 2.43. The fourth-order valence-electron chi connectivity index (χ4n) is 1.82. The molecule has 5 heteroatoms. The maximum Gasteiger partial charge on any atom is 0.220 e. The minimum absolute atomic E-state index is 0.0710. The molecule has 0 bridgehead atoms. The first-order valence-corrected chi connectivity index (χ1v) is 6.80. The second kappa shape index (κ2) is 6.16. The Kier molecular flexibility index (Phi) is 4.50. The molecule has 21 heavy (non-hydrogen) atoms. The highest BCUT2D eigenvalue weighted by Gasteiger charge is 2.13. The predicted octanol–water partition coefficient (Wildman–Crippen LogP) is 4.07. The summed E-state index contributed by atoms with van der Waals surface area (Å²) in [6.45, 7) is 7.62. The van der Waals surface area contributed by atoms with Crippen LogP contribution in [0.25, 0.3) is 0 Å². The lowest BCUT2D eigenvalue weighted by Crippen LogP contribution is -2.07. The van der Waals surface area contributed by atoms with E-state index in [1.165, 1.54) is 0 Å². The molecule has 2 aromatic rings. The fraction of sp³-hybridized carbons (Fsp3) is 0.375. The molecule has 2 rings (SSSR count). The summed E-state index contributed by atoms with van der Waals surface area (Å²) in [4.78, 5) is 8.74. The smallest absolute Gasteiger partial charge is 0.220 e. The molecule has 0 amide bonds. The highest BCUT2D eigenvalue weighted by molar-refractivity contribution is 5.30. The van der Waals surface area contributed by atoms with Crippen LogP contribution in [0.4, 0.5) is 8.78 Å². The van der Waals surface area contributed by atoms with Crippen molar-refractivity contribution in [2.45, 2.75) is 40.2 Å². The standard InChI is InChI=1S/C16H18F2N2O/c1-9(2)15-19-11(4)10(3)16(20-15)21-8-12-7-13(17)5-6-14(12)18/h5-7,9H,8H2,1-4H3. The molecule has 0 atom stereocenters. The molecule has 1 heterocycles. The van der Waals surface area contributed by atoms with Crippen LogP contribution in [0.15, 0.2) is 18.2 Å². The first-order valence-electron chi connectivity index (χ1n) is 6.80. The van der Waals surface area contributed by atoms with Crippen LogP contribution in [0.2, 0.25) is 0 Å². The van der Waals surface area contributed by atoms with Gasteiger partial charge in [0, 0.05) is 22.7 Å². The van der Waals surface area contributed by atoms with Crippen LogP contribution in [0.5, 0.6) is 5.88 Å². The van der Waals surface area contributed by atoms with E-state index in [2.05, 4.69) is 9.97 Å². The van der Waals surface area contributed by atoms with E-state index < -0.39 is 11.6 Å². The molecular formula is C16H18F2N2O. The molecule has 0 saturated heterocycles. The predicted molar refractivity (Wildman–Crippen MR) is 76.3 cm³/mol. The van der Waals surface area contributed by atoms with E-state index >= 15 is 0 Å². The summed E-state index contributed by atoms with van der Waals surface area (Å²) in [5, 5.41) is 0. The van der Waals surface area contributed by atoms with Crippen molar-refractivity contribution < 1.29 is 13.5 Å². The van der Waals surface area contributed by atoms with Crippen LogP contribution in [0.1, 0.15) is 42.4 Å². The molecule has 112 valence electrons. The molecule has 0 unspecified atom stereocenters. The number of hydrogen-bond acceptors (Lipinski definition) is 3. The second-order valence-corrected chi connectivity index (χ2v) is 5.28. The number of rotatable bonds is 4. The monoisotopic (exact) mass is 292 g/mol. The summed E-state index contributed by atoms with van der Waals surface area (Å²) < 4.78 is 32.3. The zero-order valence-corrected chi connectivity index (χ0v) is 12.6. The molecular weight excluding hydrogens is 274 g/mol. The van der Waals surface area contributed by atoms with Crippen molar-refractivity contribution in [3.63, 3.8) is 0 Å². The van der Waals surface area contributed by atoms with Crippen molar-refractivity contribution in [3.8, 4) is 5.88 Å². The Morgan fingerprint density at radius 1 is 1.14 bits per heavy atom. The van der Waals surface area contributed by atoms with Crippen molar-refractivity contribution in [2.24, 2.45) is 0 Å². The number of aryl methyl sites for hydroxylation is 1. The van der Waals surface area contributed by atoms with E-state index in [9.17, 15) is 8.78 Å². The minimum atomic E-state index is -0.496. The summed E-state index contributed by atoms with van der Waals surface area (Å²) in [6, 6.07) is 3.30. The minimum Gasteiger partial charge on any atom is -0.472 e. The molecule has 1 aromatic carbocycles. The second-order valence-electron chi connectivity index (χ2n) is 5.28. The molecule has 3 nitrogen and oxygen atoms in total. The first-order chi connectivity index (χ1) is 9.88. The number of halogens is 2. The molecule has 1 aromatic heterocycles. The van der Waals surface area contributed by atoms with E-state index in [1.807, 2.05) is 27.7 Å². The number of hydrogen-bond donors (Lipinski definition) is 0. The quantitative estimate of drug-likeness (QED) is 0.852. The summed E-state index contributed by atoms with van der Waals surface area (Å²) >= 11 is 0. The molecule has 0 aliphatic heterocycles. The molecule has 0 aliphatic rings. The fourth-order valence-corrected chi connectivity index (χ4v) is 1.82. The van der Waals surface area contributed by atoms with Crippen molar-refractivity contribution in [1.29, 1.82) is 0 Å². The maximum atomic E-state index is 13.6. The van der Waals surface area contributed by atoms with Gasteiger partial charge in [-0.15, -0.1) is 0 Å². The van der Waals surface area contributed by atoms with Gasteiger partial charge in [-0.25, -0.2) is 13.8 Å². The summed E-state index contributed by atoms with van der Waals surface area (Å²) in [5.74, 6) is 0.262. The summed E-state index contributed by atoms with van der Waals surface area (Å²) in [7, 11) is 0. The topological polar surface area (TPSA) is 35.0 Å². The van der Waals surface area contributed by atoms with Crippen LogP contribution < -0.4 is 4.74 Å². The van der Waals surface area contributed by atoms with Crippen LogP contribution in [-0.4, -0.2) is 9.97 Å². The van der Waals surface area contributed by atoms with Crippen molar-refractivity contribution in [1.82, 2.24) is 9.97 Å². The highest BCUT2D eigenvalue weighted by Crippen LogP contribution is 2.22. The molecule has 0 radical (unpaired) electrons. The van der Waals surface area contributed by atoms with Gasteiger partial charge >= 0.3 is 0 Å². The van der Waals surface area contributed by atoms with E-state index in [0.29, 0.717) is 11.7 Å². The van der Waals surface area contributed by atoms with Gasteiger partial charge in [-0.05, 0) is 32.0 Å². The Balaban J connectivity index is 2.25. The number of benzene rings is 1. The van der Waals surface area contributed by atoms with Gasteiger partial charge in [0.25, 0.3) is 0 Å². The summed E-state index contributed by atoms with van der Waals surface area (Å²) in [6.07, 6.45) is 0. The van der Waals surface area contributed by atoms with Crippen LogP contribution >= 0.6 is 0 Å². The Hall–Kier alpha value is -2.04. The van der Waals surface area contributed by atoms with E-state index in [1.54, 1.807) is 0 Å². The Morgan fingerprint density at radius 3 is 2.52 bits per heavy atom. The SMILES string of the molecule is Cc1nc(C(C)C)nc(OCc2cc(F)ccc2F)c1C. The van der Waals surface area contributed by atoms with Gasteiger partial charge in [-0.1, -0.05) is 13.8 Å². The number of nitrogens with zero attached hydrogens (tertiary/aromatic N) is 2. The van der Waals surface area contributed by atoms with Crippen molar-refractivity contribution in [3.05, 3.63) is 52.5 Å². The number of aromatic nitrogens is 2. The molecule has 0 aliphatic carbocycles. The lowest BCUT2D eigenvalue weighted by atomic mass is 10.2. The summed E-state index contributed by atoms with van der Waals surface area (Å²) in [5.41, 5.74) is 1.79. The van der Waals surface area contributed by atoms with Crippen LogP contribution in [-0.2, 0) is 6.61 Å². The van der Waals surface area contributed by atoms with Gasteiger partial charge in [0.15, 0.2) is 0 Å². The zero-order chi connectivity index (χ0) is 15.6. The lowest BCUT2D eigenvalue weighted by Gasteiger charge is -2.13. The Labute approximate surface area is 123 Å². The van der Waals surface area contributed by atoms with Gasteiger partial charge in [0.05, 0.1) is 0 Å². The number of ether oxygens (including phenoxy) is 1. The molecule has 0 fully saturated rings. The van der Waals surface area contributed by atoms with Gasteiger partial charge in [-0.3, -0.25) is 0 Å². The zero-order valence-electron chi connectivity index (χ0n) is 12.6. The maximum absolute atomic E-state index is 13.6. The Bertz CT molecular complexity index is 657. The van der Waals surface area contributed by atoms with E-state index in [-0.39, 0.29) is 18.1 Å². The van der Waals surface area contributed by atoms with Crippen molar-refractivity contribution >= 4 is 0 Å². The van der Waals surface area contributed by atoms with Gasteiger partial charge in [0.2, 0.25) is 5.88 Å². The van der Waals surface area contributed by atoms with E-state index in [0.717, 1.165) is 29.5 Å². The van der Waals surface area contributed by atoms with Gasteiger partial charge < -0.3 is 4.74 Å². The third kappa shape index (κ3) is 3.54. The van der Waals surface area contributed by atoms with Crippen molar-refractivity contribution in [2.75, 3.05) is 0 Å². The lowest BCUT2D eigenvalue weighted by molar-refractivity contribution is 0.282. The van der Waals surface area contributed by atoms with Crippen LogP contribution in [0, 0.1) is 25.5 Å². The third-order valence-electron chi connectivity index (χ3n) is 3.25. The third-order valence-corrected chi connectivity index (χ3v) is 3.25. The molecule has 0 saturated carbocycles. The average molecular weight is 292 g/mol. The van der Waals surface area contributed by atoms with Gasteiger partial charge in [-0.2, -0.15) is 4.98 Å². The first kappa shape index (κ1) is 15.4. The molecule has 0 spiro atoms. The normalized spacial score (nSPS) is 11.0. The van der Waals surface area contributed by atoms with Crippen LogP contribution in [0.3, 0.4) is 0 Å². The largest absolute Gasteiger partial charge is 0.472 e. The Morgan fingerprint density at radius 2 is 1.86 bits per heavy atom. The van der Waals surface area contributed by atoms with Gasteiger partial charge in [0.1, 0.15) is 24.1 Å².